The molecule has 0 spiro atoms. The quantitative estimate of drug-likeness (QED) is 0.485. The maximum Gasteiger partial charge on any atom is 0.135 e. The highest BCUT2D eigenvalue weighted by molar-refractivity contribution is 7.11. The maximum atomic E-state index is 10.9. The van der Waals surface area contributed by atoms with Gasteiger partial charge in [0.2, 0.25) is 0 Å². The molecule has 1 aliphatic heterocycles. The number of hydrogen-bond donors (Lipinski definition) is 2. The Morgan fingerprint density at radius 1 is 1.06 bits per heavy atom. The summed E-state index contributed by atoms with van der Waals surface area (Å²) in [5, 5.41) is 22.2. The van der Waals surface area contributed by atoms with Crippen LogP contribution in [0.3, 0.4) is 0 Å². The van der Waals surface area contributed by atoms with Gasteiger partial charge in [-0.2, -0.15) is 0 Å². The Kier molecular flexibility index (Phi) is 6.55. The van der Waals surface area contributed by atoms with Crippen LogP contribution >= 0.6 is 11.3 Å². The van der Waals surface area contributed by atoms with Crippen molar-refractivity contribution in [2.24, 2.45) is 0 Å². The van der Waals surface area contributed by atoms with E-state index >= 15 is 0 Å². The van der Waals surface area contributed by atoms with Crippen molar-refractivity contribution >= 4 is 22.7 Å². The third kappa shape index (κ3) is 4.26. The van der Waals surface area contributed by atoms with Crippen LogP contribution in [0.2, 0.25) is 0 Å². The number of ether oxygens (including phenoxy) is 3. The summed E-state index contributed by atoms with van der Waals surface area (Å²) in [4.78, 5) is 6.63. The lowest BCUT2D eigenvalue weighted by atomic mass is 10.1. The minimum atomic E-state index is -0.305. The second kappa shape index (κ2) is 9.54. The molecule has 0 fully saturated rings. The fraction of sp³-hybridized carbons (Fsp3) is 0.280. The molecule has 2 aromatic carbocycles. The number of aliphatic hydroxyl groups excluding tert-OH is 1. The second-order valence-corrected chi connectivity index (χ2v) is 8.50. The second-order valence-electron chi connectivity index (χ2n) is 7.64. The van der Waals surface area contributed by atoms with Crippen molar-refractivity contribution in [3.8, 4) is 28.5 Å². The molecule has 172 valence electrons. The largest absolute Gasteiger partial charge is 0.509 e. The first kappa shape index (κ1) is 22.7. The fourth-order valence-electron chi connectivity index (χ4n) is 4.01. The molecule has 2 N–H and O–H groups in total. The van der Waals surface area contributed by atoms with Gasteiger partial charge in [0.05, 0.1) is 38.6 Å². The van der Waals surface area contributed by atoms with Crippen LogP contribution in [0.25, 0.3) is 16.8 Å². The van der Waals surface area contributed by atoms with Crippen LogP contribution in [0.5, 0.6) is 17.2 Å². The number of methoxy groups -OCH3 is 3. The first-order valence-corrected chi connectivity index (χ1v) is 11.4. The first-order valence-electron chi connectivity index (χ1n) is 10.6. The smallest absolute Gasteiger partial charge is 0.135 e. The number of nitrogens with one attached hydrogen (secondary N) is 1. The number of aromatic nitrogens is 1. The zero-order valence-corrected chi connectivity index (χ0v) is 19.9. The Labute approximate surface area is 197 Å². The Hall–Kier alpha value is -3.52. The van der Waals surface area contributed by atoms with Gasteiger partial charge in [-0.3, -0.25) is 5.41 Å². The molecule has 3 aromatic rings. The van der Waals surface area contributed by atoms with Gasteiger partial charge in [0.25, 0.3) is 0 Å². The molecule has 0 saturated heterocycles. The van der Waals surface area contributed by atoms with E-state index in [4.69, 9.17) is 24.6 Å². The SMILES string of the molecule is COc1ccc(OC)c(-c2csc(C3=C(O)C(C)N(CCc4ccccc4OC)C3=N)n2)c1. The fourth-order valence-corrected chi connectivity index (χ4v) is 4.88. The maximum absolute atomic E-state index is 10.9. The standard InChI is InChI=1S/C25H27N3O4S/c1-15-23(29)22(24(26)28(15)12-11-16-7-5-6-8-20(16)31-3)25-27-19(14-33-25)18-13-17(30-2)9-10-21(18)32-4/h5-10,13-15,26,29H,11-12H2,1-4H3. The van der Waals surface area contributed by atoms with Gasteiger partial charge in [0, 0.05) is 17.5 Å². The van der Waals surface area contributed by atoms with E-state index in [1.54, 1.807) is 21.3 Å². The zero-order valence-electron chi connectivity index (χ0n) is 19.1. The Balaban J connectivity index is 1.58. The lowest BCUT2D eigenvalue weighted by molar-refractivity contribution is 0.286. The summed E-state index contributed by atoms with van der Waals surface area (Å²) in [6.07, 6.45) is 0.696. The average molecular weight is 466 g/mol. The lowest BCUT2D eigenvalue weighted by Crippen LogP contribution is -2.35. The molecule has 1 aliphatic rings. The van der Waals surface area contributed by atoms with Gasteiger partial charge in [0.15, 0.2) is 0 Å². The van der Waals surface area contributed by atoms with Crippen LogP contribution in [0, 0.1) is 5.41 Å². The van der Waals surface area contributed by atoms with Crippen molar-refractivity contribution in [1.82, 2.24) is 9.88 Å². The van der Waals surface area contributed by atoms with E-state index in [1.165, 1.54) is 11.3 Å². The topological polar surface area (TPSA) is 87.9 Å². The molecule has 4 rings (SSSR count). The molecular weight excluding hydrogens is 438 g/mol. The third-order valence-corrected chi connectivity index (χ3v) is 6.72. The third-order valence-electron chi connectivity index (χ3n) is 5.86. The molecule has 0 aliphatic carbocycles. The number of amidine groups is 1. The van der Waals surface area contributed by atoms with Gasteiger partial charge in [-0.25, -0.2) is 4.98 Å². The van der Waals surface area contributed by atoms with Gasteiger partial charge >= 0.3 is 0 Å². The van der Waals surface area contributed by atoms with Crippen molar-refractivity contribution in [1.29, 1.82) is 5.41 Å². The molecule has 0 radical (unpaired) electrons. The number of nitrogens with zero attached hydrogens (tertiary/aromatic N) is 2. The van der Waals surface area contributed by atoms with E-state index in [0.717, 1.165) is 16.9 Å². The highest BCUT2D eigenvalue weighted by Gasteiger charge is 2.36. The predicted molar refractivity (Wildman–Crippen MR) is 131 cm³/mol. The van der Waals surface area contributed by atoms with Crippen molar-refractivity contribution in [3.05, 3.63) is 64.2 Å². The number of rotatable bonds is 8. The normalized spacial score (nSPS) is 15.8. The Morgan fingerprint density at radius 2 is 1.82 bits per heavy atom. The van der Waals surface area contributed by atoms with Crippen molar-refractivity contribution in [2.45, 2.75) is 19.4 Å². The molecule has 2 heterocycles. The number of hydrogen-bond acceptors (Lipinski definition) is 7. The lowest BCUT2D eigenvalue weighted by Gasteiger charge is -2.24. The number of para-hydroxylation sites is 1. The summed E-state index contributed by atoms with van der Waals surface area (Å²) in [5.74, 6) is 2.64. The number of thiazole rings is 1. The number of benzene rings is 2. The average Bonchev–Trinajstić information content (AvgIpc) is 3.40. The van der Waals surface area contributed by atoms with Gasteiger partial charge in [-0.05, 0) is 43.2 Å². The summed E-state index contributed by atoms with van der Waals surface area (Å²) >= 11 is 1.39. The first-order chi connectivity index (χ1) is 16.0. The molecule has 1 atom stereocenters. The van der Waals surface area contributed by atoms with Crippen LogP contribution in [-0.2, 0) is 6.42 Å². The van der Waals surface area contributed by atoms with Crippen LogP contribution in [0.1, 0.15) is 17.5 Å². The van der Waals surface area contributed by atoms with Crippen LogP contribution < -0.4 is 14.2 Å². The van der Waals surface area contributed by atoms with Crippen LogP contribution in [0.15, 0.2) is 53.6 Å². The van der Waals surface area contributed by atoms with E-state index in [-0.39, 0.29) is 17.6 Å². The molecule has 0 bridgehead atoms. The minimum Gasteiger partial charge on any atom is -0.509 e. The summed E-state index contributed by atoms with van der Waals surface area (Å²) in [6, 6.07) is 13.1. The molecule has 33 heavy (non-hydrogen) atoms. The molecule has 1 unspecified atom stereocenters. The van der Waals surface area contributed by atoms with E-state index in [9.17, 15) is 5.11 Å². The van der Waals surface area contributed by atoms with Crippen molar-refractivity contribution < 1.29 is 19.3 Å². The monoisotopic (exact) mass is 465 g/mol. The summed E-state index contributed by atoms with van der Waals surface area (Å²) in [7, 11) is 4.88. The van der Waals surface area contributed by atoms with E-state index < -0.39 is 0 Å². The summed E-state index contributed by atoms with van der Waals surface area (Å²) in [6.45, 7) is 2.48. The van der Waals surface area contributed by atoms with E-state index in [2.05, 4.69) is 0 Å². The molecular formula is C25H27N3O4S. The summed E-state index contributed by atoms with van der Waals surface area (Å²) < 4.78 is 16.3. The predicted octanol–water partition coefficient (Wildman–Crippen LogP) is 5.03. The highest BCUT2D eigenvalue weighted by atomic mass is 32.1. The summed E-state index contributed by atoms with van der Waals surface area (Å²) in [5.41, 5.74) is 3.04. The zero-order chi connectivity index (χ0) is 23.5. The Morgan fingerprint density at radius 3 is 2.55 bits per heavy atom. The van der Waals surface area contributed by atoms with Crippen molar-refractivity contribution in [2.75, 3.05) is 27.9 Å². The highest BCUT2D eigenvalue weighted by Crippen LogP contribution is 2.38. The minimum absolute atomic E-state index is 0.165. The van der Waals surface area contributed by atoms with E-state index in [1.807, 2.05) is 59.7 Å². The van der Waals surface area contributed by atoms with Crippen LogP contribution in [0.4, 0.5) is 0 Å². The Bertz CT molecular complexity index is 1200. The molecule has 0 saturated carbocycles. The molecule has 7 nitrogen and oxygen atoms in total. The van der Waals surface area contributed by atoms with Crippen LogP contribution in [-0.4, -0.2) is 54.7 Å². The molecule has 8 heteroatoms. The van der Waals surface area contributed by atoms with Gasteiger partial charge < -0.3 is 24.2 Å². The van der Waals surface area contributed by atoms with E-state index in [0.29, 0.717) is 40.7 Å². The molecule has 1 aromatic heterocycles. The van der Waals surface area contributed by atoms with Gasteiger partial charge in [-0.15, -0.1) is 11.3 Å². The van der Waals surface area contributed by atoms with Gasteiger partial charge in [-0.1, -0.05) is 18.2 Å². The van der Waals surface area contributed by atoms with Crippen molar-refractivity contribution in [3.63, 3.8) is 0 Å². The molecule has 0 amide bonds. The van der Waals surface area contributed by atoms with Gasteiger partial charge in [0.1, 0.15) is 33.9 Å². The number of aliphatic hydroxyl groups is 1.